The molecule has 1 fully saturated rings. The molecule has 0 unspecified atom stereocenters. The summed E-state index contributed by atoms with van der Waals surface area (Å²) in [6, 6.07) is 4.29. The molecule has 1 atom stereocenters. The predicted molar refractivity (Wildman–Crippen MR) is 96.8 cm³/mol. The smallest absolute Gasteiger partial charge is 0.133 e. The second-order valence-electron chi connectivity index (χ2n) is 6.91. The molecule has 1 aromatic heterocycles. The zero-order chi connectivity index (χ0) is 15.9. The van der Waals surface area contributed by atoms with Crippen molar-refractivity contribution in [1.29, 1.82) is 0 Å². The average Bonchev–Trinajstić information content (AvgIpc) is 2.81. The average molecular weight is 314 g/mol. The minimum absolute atomic E-state index is 0.798. The van der Waals surface area contributed by atoms with Crippen LogP contribution in [-0.4, -0.2) is 49.7 Å². The van der Waals surface area contributed by atoms with Crippen LogP contribution in [0.2, 0.25) is 0 Å². The molecule has 1 aliphatic heterocycles. The van der Waals surface area contributed by atoms with Crippen molar-refractivity contribution in [3.05, 3.63) is 36.0 Å². The summed E-state index contributed by atoms with van der Waals surface area (Å²) in [4.78, 5) is 9.57. The Kier molecular flexibility index (Phi) is 6.06. The Morgan fingerprint density at radius 3 is 3.04 bits per heavy atom. The summed E-state index contributed by atoms with van der Waals surface area (Å²) in [5, 5.41) is 3.66. The summed E-state index contributed by atoms with van der Waals surface area (Å²) in [7, 11) is 2.21. The molecule has 0 saturated carbocycles. The molecule has 1 aromatic rings. The van der Waals surface area contributed by atoms with Crippen molar-refractivity contribution in [3.63, 3.8) is 0 Å². The van der Waals surface area contributed by atoms with Crippen LogP contribution in [0.3, 0.4) is 0 Å². The van der Waals surface area contributed by atoms with E-state index in [9.17, 15) is 0 Å². The molecular formula is C19H30N4. The molecule has 3 rings (SSSR count). The minimum Gasteiger partial charge on any atom is -0.355 e. The molecule has 0 bridgehead atoms. The SMILES string of the molecule is CN1CCCN(c2ncccc2CNC[C@@H]2CC=CCC2)CC1. The Bertz CT molecular complexity index is 514. The molecule has 0 spiro atoms. The van der Waals surface area contributed by atoms with Gasteiger partial charge in [0.05, 0.1) is 0 Å². The maximum atomic E-state index is 4.69. The van der Waals surface area contributed by atoms with Gasteiger partial charge in [-0.1, -0.05) is 18.2 Å². The van der Waals surface area contributed by atoms with Gasteiger partial charge in [0.25, 0.3) is 0 Å². The van der Waals surface area contributed by atoms with Crippen molar-refractivity contribution in [1.82, 2.24) is 15.2 Å². The number of rotatable bonds is 5. The van der Waals surface area contributed by atoms with Crippen molar-refractivity contribution in [3.8, 4) is 0 Å². The number of hydrogen-bond donors (Lipinski definition) is 1. The van der Waals surface area contributed by atoms with Gasteiger partial charge in [0.2, 0.25) is 0 Å². The van der Waals surface area contributed by atoms with E-state index in [1.807, 2.05) is 6.20 Å². The second kappa shape index (κ2) is 8.46. The van der Waals surface area contributed by atoms with Gasteiger partial charge in [-0.05, 0) is 57.8 Å². The monoisotopic (exact) mass is 314 g/mol. The van der Waals surface area contributed by atoms with E-state index in [0.717, 1.165) is 38.6 Å². The molecule has 1 N–H and O–H groups in total. The number of pyridine rings is 1. The molecule has 2 aliphatic rings. The summed E-state index contributed by atoms with van der Waals surface area (Å²) in [6.07, 6.45) is 11.6. The fraction of sp³-hybridized carbons (Fsp3) is 0.632. The molecular weight excluding hydrogens is 284 g/mol. The first-order valence-corrected chi connectivity index (χ1v) is 9.06. The largest absolute Gasteiger partial charge is 0.355 e. The summed E-state index contributed by atoms with van der Waals surface area (Å²) in [5.41, 5.74) is 1.34. The first-order valence-electron chi connectivity index (χ1n) is 9.06. The normalized spacial score (nSPS) is 23.0. The van der Waals surface area contributed by atoms with Crippen LogP contribution in [0, 0.1) is 5.92 Å². The zero-order valence-corrected chi connectivity index (χ0v) is 14.4. The van der Waals surface area contributed by atoms with E-state index in [1.165, 1.54) is 43.6 Å². The third-order valence-electron chi connectivity index (χ3n) is 5.01. The standard InChI is InChI=1S/C19H30N4/c1-22-11-6-12-23(14-13-22)19-18(9-5-10-21-19)16-20-15-17-7-3-2-4-8-17/h2-3,5,9-10,17,20H,4,6-8,11-16H2,1H3/t17-/m1/s1. The molecule has 0 aromatic carbocycles. The van der Waals surface area contributed by atoms with Gasteiger partial charge >= 0.3 is 0 Å². The van der Waals surface area contributed by atoms with E-state index in [2.05, 4.69) is 46.4 Å². The van der Waals surface area contributed by atoms with Gasteiger partial charge in [0, 0.05) is 37.9 Å². The van der Waals surface area contributed by atoms with Gasteiger partial charge in [0.15, 0.2) is 0 Å². The van der Waals surface area contributed by atoms with Crippen LogP contribution in [-0.2, 0) is 6.54 Å². The number of nitrogens with one attached hydrogen (secondary N) is 1. The summed E-state index contributed by atoms with van der Waals surface area (Å²) >= 11 is 0. The highest BCUT2D eigenvalue weighted by Gasteiger charge is 2.16. The van der Waals surface area contributed by atoms with E-state index in [4.69, 9.17) is 4.98 Å². The number of likely N-dealkylation sites (N-methyl/N-ethyl adjacent to an activating group) is 1. The Morgan fingerprint density at radius 1 is 1.22 bits per heavy atom. The van der Waals surface area contributed by atoms with E-state index in [1.54, 1.807) is 0 Å². The lowest BCUT2D eigenvalue weighted by Crippen LogP contribution is -2.31. The van der Waals surface area contributed by atoms with E-state index >= 15 is 0 Å². The maximum Gasteiger partial charge on any atom is 0.133 e. The van der Waals surface area contributed by atoms with Gasteiger partial charge < -0.3 is 15.1 Å². The molecule has 1 aliphatic carbocycles. The fourth-order valence-corrected chi connectivity index (χ4v) is 3.56. The van der Waals surface area contributed by atoms with E-state index < -0.39 is 0 Å². The van der Waals surface area contributed by atoms with E-state index in [-0.39, 0.29) is 0 Å². The fourth-order valence-electron chi connectivity index (χ4n) is 3.56. The van der Waals surface area contributed by atoms with Crippen molar-refractivity contribution < 1.29 is 0 Å². The molecule has 1 saturated heterocycles. The lowest BCUT2D eigenvalue weighted by atomic mass is 9.94. The maximum absolute atomic E-state index is 4.69. The van der Waals surface area contributed by atoms with Crippen LogP contribution >= 0.6 is 0 Å². The first kappa shape index (κ1) is 16.5. The topological polar surface area (TPSA) is 31.4 Å². The van der Waals surface area contributed by atoms with Crippen LogP contribution in [0.15, 0.2) is 30.5 Å². The number of anilines is 1. The highest BCUT2D eigenvalue weighted by Crippen LogP contribution is 2.20. The quantitative estimate of drug-likeness (QED) is 0.847. The molecule has 4 heteroatoms. The Hall–Kier alpha value is -1.39. The third-order valence-corrected chi connectivity index (χ3v) is 5.01. The minimum atomic E-state index is 0.798. The number of aromatic nitrogens is 1. The van der Waals surface area contributed by atoms with Gasteiger partial charge in [-0.15, -0.1) is 0 Å². The van der Waals surface area contributed by atoms with Crippen LogP contribution in [0.1, 0.15) is 31.2 Å². The summed E-state index contributed by atoms with van der Waals surface area (Å²) < 4.78 is 0. The van der Waals surface area contributed by atoms with Gasteiger partial charge in [-0.2, -0.15) is 0 Å². The lowest BCUT2D eigenvalue weighted by molar-refractivity contribution is 0.360. The molecule has 0 amide bonds. The van der Waals surface area contributed by atoms with Gasteiger partial charge in [0.1, 0.15) is 5.82 Å². The molecule has 0 radical (unpaired) electrons. The predicted octanol–water partition coefficient (Wildman–Crippen LogP) is 2.67. The van der Waals surface area contributed by atoms with Crippen LogP contribution in [0.5, 0.6) is 0 Å². The molecule has 2 heterocycles. The molecule has 126 valence electrons. The highest BCUT2D eigenvalue weighted by atomic mass is 15.2. The Labute approximate surface area is 140 Å². The third kappa shape index (κ3) is 4.79. The molecule has 4 nitrogen and oxygen atoms in total. The summed E-state index contributed by atoms with van der Waals surface area (Å²) in [5.74, 6) is 1.98. The van der Waals surface area contributed by atoms with Crippen molar-refractivity contribution >= 4 is 5.82 Å². The second-order valence-corrected chi connectivity index (χ2v) is 6.91. The van der Waals surface area contributed by atoms with Gasteiger partial charge in [-0.25, -0.2) is 4.98 Å². The van der Waals surface area contributed by atoms with Crippen LogP contribution in [0.4, 0.5) is 5.82 Å². The molecule has 23 heavy (non-hydrogen) atoms. The van der Waals surface area contributed by atoms with Crippen LogP contribution < -0.4 is 10.2 Å². The highest BCUT2D eigenvalue weighted by molar-refractivity contribution is 5.46. The number of hydrogen-bond acceptors (Lipinski definition) is 4. The van der Waals surface area contributed by atoms with Gasteiger partial charge in [-0.3, -0.25) is 0 Å². The number of allylic oxidation sites excluding steroid dienone is 2. The Morgan fingerprint density at radius 2 is 2.17 bits per heavy atom. The summed E-state index contributed by atoms with van der Waals surface area (Å²) in [6.45, 7) is 6.54. The van der Waals surface area contributed by atoms with Crippen molar-refractivity contribution in [2.45, 2.75) is 32.2 Å². The zero-order valence-electron chi connectivity index (χ0n) is 14.4. The van der Waals surface area contributed by atoms with Crippen LogP contribution in [0.25, 0.3) is 0 Å². The first-order chi connectivity index (χ1) is 11.3. The number of nitrogens with zero attached hydrogens (tertiary/aromatic N) is 3. The van der Waals surface area contributed by atoms with E-state index in [0.29, 0.717) is 0 Å². The van der Waals surface area contributed by atoms with Crippen molar-refractivity contribution in [2.75, 3.05) is 44.7 Å². The lowest BCUT2D eigenvalue weighted by Gasteiger charge is -2.25. The Balaban J connectivity index is 1.57. The van der Waals surface area contributed by atoms with Crippen molar-refractivity contribution in [2.24, 2.45) is 5.92 Å².